The van der Waals surface area contributed by atoms with Gasteiger partial charge in [-0.05, 0) is 30.5 Å². The van der Waals surface area contributed by atoms with E-state index in [2.05, 4.69) is 18.9 Å². The van der Waals surface area contributed by atoms with Crippen LogP contribution in [0, 0.1) is 25.2 Å². The summed E-state index contributed by atoms with van der Waals surface area (Å²) in [5.41, 5.74) is 2.46. The molecule has 0 saturated carbocycles. The molecule has 1 rings (SSSR count). The summed E-state index contributed by atoms with van der Waals surface area (Å²) in [5.74, 6) is 3.93. The van der Waals surface area contributed by atoms with Crippen LogP contribution in [0.25, 0.3) is 0 Å². The molecule has 0 bridgehead atoms. The van der Waals surface area contributed by atoms with Gasteiger partial charge in [0.05, 0.1) is 7.11 Å². The summed E-state index contributed by atoms with van der Waals surface area (Å²) in [6.45, 7) is 4.13. The monoisotopic (exact) mass is 188 g/mol. The third-order valence-corrected chi connectivity index (χ3v) is 2.38. The zero-order valence-electron chi connectivity index (χ0n) is 9.00. The number of benzene rings is 1. The van der Waals surface area contributed by atoms with E-state index in [0.717, 1.165) is 12.2 Å². The molecule has 1 aromatic rings. The van der Waals surface area contributed by atoms with Crippen LogP contribution in [0.2, 0.25) is 0 Å². The topological polar surface area (TPSA) is 9.23 Å². The molecule has 14 heavy (non-hydrogen) atoms. The third kappa shape index (κ3) is 2.29. The predicted octanol–water partition coefficient (Wildman–Crippen LogP) is 2.82. The zero-order chi connectivity index (χ0) is 10.6. The lowest BCUT2D eigenvalue weighted by Gasteiger charge is -2.12. The van der Waals surface area contributed by atoms with Crippen LogP contribution in [-0.2, 0) is 6.42 Å². The number of terminal acetylenes is 1. The fourth-order valence-electron chi connectivity index (χ4n) is 1.49. The van der Waals surface area contributed by atoms with E-state index in [1.165, 1.54) is 11.1 Å². The number of ether oxygens (including phenoxy) is 1. The van der Waals surface area contributed by atoms with Crippen LogP contribution in [0.3, 0.4) is 0 Å². The SMILES string of the molecule is C#CC(C)Cc1c(C)cccc1OC. The molecule has 1 nitrogen and oxygen atoms in total. The minimum Gasteiger partial charge on any atom is -0.496 e. The molecule has 0 fully saturated rings. The predicted molar refractivity (Wildman–Crippen MR) is 59.4 cm³/mol. The van der Waals surface area contributed by atoms with Crippen molar-refractivity contribution in [3.63, 3.8) is 0 Å². The van der Waals surface area contributed by atoms with Crippen LogP contribution in [-0.4, -0.2) is 7.11 Å². The molecular formula is C13H16O. The van der Waals surface area contributed by atoms with Gasteiger partial charge >= 0.3 is 0 Å². The highest BCUT2D eigenvalue weighted by molar-refractivity contribution is 5.40. The normalized spacial score (nSPS) is 11.9. The van der Waals surface area contributed by atoms with Gasteiger partial charge in [-0.2, -0.15) is 0 Å². The Morgan fingerprint density at radius 3 is 2.79 bits per heavy atom. The Labute approximate surface area is 86.1 Å². The highest BCUT2D eigenvalue weighted by atomic mass is 16.5. The van der Waals surface area contributed by atoms with Gasteiger partial charge in [0.2, 0.25) is 0 Å². The Balaban J connectivity index is 3.00. The van der Waals surface area contributed by atoms with E-state index < -0.39 is 0 Å². The maximum absolute atomic E-state index is 5.37. The van der Waals surface area contributed by atoms with Crippen LogP contribution in [0.15, 0.2) is 18.2 Å². The first-order valence-electron chi connectivity index (χ1n) is 4.77. The molecule has 1 unspecified atom stereocenters. The van der Waals surface area contributed by atoms with Crippen LogP contribution in [0.4, 0.5) is 0 Å². The number of hydrogen-bond donors (Lipinski definition) is 0. The fraction of sp³-hybridized carbons (Fsp3) is 0.385. The molecule has 0 amide bonds. The average Bonchev–Trinajstić information content (AvgIpc) is 2.20. The Kier molecular flexibility index (Phi) is 3.59. The summed E-state index contributed by atoms with van der Waals surface area (Å²) < 4.78 is 5.30. The van der Waals surface area contributed by atoms with Crippen molar-refractivity contribution in [3.05, 3.63) is 29.3 Å². The van der Waals surface area contributed by atoms with Gasteiger partial charge in [0.1, 0.15) is 5.75 Å². The standard InChI is InChI=1S/C13H16O/c1-5-10(2)9-12-11(3)7-6-8-13(12)14-4/h1,6-8,10H,9H2,2-4H3. The van der Waals surface area contributed by atoms with Gasteiger partial charge in [0.15, 0.2) is 0 Å². The summed E-state index contributed by atoms with van der Waals surface area (Å²) in [6, 6.07) is 6.06. The number of methoxy groups -OCH3 is 1. The van der Waals surface area contributed by atoms with Crippen molar-refractivity contribution in [3.8, 4) is 18.1 Å². The van der Waals surface area contributed by atoms with Crippen LogP contribution < -0.4 is 4.74 Å². The molecule has 0 N–H and O–H groups in total. The summed E-state index contributed by atoms with van der Waals surface area (Å²) in [5, 5.41) is 0. The molecular weight excluding hydrogens is 172 g/mol. The number of rotatable bonds is 3. The molecule has 74 valence electrons. The van der Waals surface area contributed by atoms with Gasteiger partial charge < -0.3 is 4.74 Å². The molecule has 0 radical (unpaired) electrons. The summed E-state index contributed by atoms with van der Waals surface area (Å²) in [7, 11) is 1.69. The van der Waals surface area contributed by atoms with Crippen molar-refractivity contribution in [2.45, 2.75) is 20.3 Å². The van der Waals surface area contributed by atoms with Gasteiger partial charge in [-0.25, -0.2) is 0 Å². The first-order chi connectivity index (χ1) is 6.69. The molecule has 0 aliphatic carbocycles. The van der Waals surface area contributed by atoms with Crippen molar-refractivity contribution in [1.29, 1.82) is 0 Å². The van der Waals surface area contributed by atoms with Crippen molar-refractivity contribution in [1.82, 2.24) is 0 Å². The second kappa shape index (κ2) is 4.72. The van der Waals surface area contributed by atoms with E-state index in [4.69, 9.17) is 11.2 Å². The van der Waals surface area contributed by atoms with E-state index in [1.54, 1.807) is 7.11 Å². The summed E-state index contributed by atoms with van der Waals surface area (Å²) >= 11 is 0. The second-order valence-corrected chi connectivity index (χ2v) is 3.53. The molecule has 1 atom stereocenters. The second-order valence-electron chi connectivity index (χ2n) is 3.53. The number of aryl methyl sites for hydroxylation is 1. The fourth-order valence-corrected chi connectivity index (χ4v) is 1.49. The molecule has 1 heteroatoms. The lowest BCUT2D eigenvalue weighted by molar-refractivity contribution is 0.407. The van der Waals surface area contributed by atoms with Crippen LogP contribution in [0.1, 0.15) is 18.1 Å². The van der Waals surface area contributed by atoms with Gasteiger partial charge in [0, 0.05) is 5.92 Å². The van der Waals surface area contributed by atoms with Gasteiger partial charge in [0.25, 0.3) is 0 Å². The zero-order valence-corrected chi connectivity index (χ0v) is 9.00. The minimum atomic E-state index is 0.255. The molecule has 0 aromatic heterocycles. The quantitative estimate of drug-likeness (QED) is 0.663. The van der Waals surface area contributed by atoms with Crippen molar-refractivity contribution in [2.24, 2.45) is 5.92 Å². The maximum atomic E-state index is 5.37. The third-order valence-electron chi connectivity index (χ3n) is 2.38. The molecule has 0 spiro atoms. The Morgan fingerprint density at radius 1 is 1.50 bits per heavy atom. The van der Waals surface area contributed by atoms with Crippen LogP contribution in [0.5, 0.6) is 5.75 Å². The Hall–Kier alpha value is -1.42. The van der Waals surface area contributed by atoms with Gasteiger partial charge in [-0.3, -0.25) is 0 Å². The van der Waals surface area contributed by atoms with E-state index in [0.29, 0.717) is 0 Å². The van der Waals surface area contributed by atoms with Crippen molar-refractivity contribution >= 4 is 0 Å². The lowest BCUT2D eigenvalue weighted by atomic mass is 9.97. The molecule has 0 aliphatic heterocycles. The van der Waals surface area contributed by atoms with Crippen LogP contribution >= 0.6 is 0 Å². The highest BCUT2D eigenvalue weighted by Gasteiger charge is 2.08. The first kappa shape index (κ1) is 10.7. The van der Waals surface area contributed by atoms with E-state index in [9.17, 15) is 0 Å². The van der Waals surface area contributed by atoms with E-state index in [1.807, 2.05) is 19.1 Å². The van der Waals surface area contributed by atoms with E-state index in [-0.39, 0.29) is 5.92 Å². The van der Waals surface area contributed by atoms with Crippen molar-refractivity contribution in [2.75, 3.05) is 7.11 Å². The van der Waals surface area contributed by atoms with E-state index >= 15 is 0 Å². The minimum absolute atomic E-state index is 0.255. The lowest BCUT2D eigenvalue weighted by Crippen LogP contribution is -2.01. The van der Waals surface area contributed by atoms with Crippen molar-refractivity contribution < 1.29 is 4.74 Å². The smallest absolute Gasteiger partial charge is 0.122 e. The summed E-state index contributed by atoms with van der Waals surface area (Å²) in [4.78, 5) is 0. The molecule has 0 aliphatic rings. The average molecular weight is 188 g/mol. The highest BCUT2D eigenvalue weighted by Crippen LogP contribution is 2.24. The summed E-state index contributed by atoms with van der Waals surface area (Å²) in [6.07, 6.45) is 6.25. The number of hydrogen-bond acceptors (Lipinski definition) is 1. The largest absolute Gasteiger partial charge is 0.496 e. The van der Waals surface area contributed by atoms with Gasteiger partial charge in [-0.1, -0.05) is 19.1 Å². The molecule has 0 saturated heterocycles. The van der Waals surface area contributed by atoms with Gasteiger partial charge in [-0.15, -0.1) is 12.3 Å². The first-order valence-corrected chi connectivity index (χ1v) is 4.77. The molecule has 1 aromatic carbocycles. The Morgan fingerprint density at radius 2 is 2.21 bits per heavy atom. The maximum Gasteiger partial charge on any atom is 0.122 e. The Bertz CT molecular complexity index is 347. The molecule has 0 heterocycles.